The van der Waals surface area contributed by atoms with E-state index in [9.17, 15) is 4.39 Å². The predicted octanol–water partition coefficient (Wildman–Crippen LogP) is 1.03. The zero-order chi connectivity index (χ0) is 11.7. The number of fused-ring (bicyclic) bond motifs is 1. The molecule has 1 fully saturated rings. The van der Waals surface area contributed by atoms with Crippen LogP contribution in [-0.2, 0) is 6.42 Å². The topological polar surface area (TPSA) is 27.6 Å². The molecular weight excluding hydrogens is 217 g/mol. The zero-order valence-electron chi connectivity index (χ0n) is 9.75. The van der Waals surface area contributed by atoms with Crippen LogP contribution in [0.15, 0.2) is 23.2 Å². The molecule has 0 amide bonds. The highest BCUT2D eigenvalue weighted by molar-refractivity contribution is 6.00. The number of benzene rings is 1. The molecule has 3 rings (SSSR count). The summed E-state index contributed by atoms with van der Waals surface area (Å²) >= 11 is 0. The van der Waals surface area contributed by atoms with Crippen molar-refractivity contribution >= 4 is 5.84 Å². The molecule has 0 saturated carbocycles. The average molecular weight is 233 g/mol. The molecule has 0 bridgehead atoms. The molecule has 0 spiro atoms. The number of nitrogens with zero attached hydrogens (tertiary/aromatic N) is 2. The SMILES string of the molecule is Fc1ccc2c(c1)C(N1CCNCC1)=NCC2. The van der Waals surface area contributed by atoms with Gasteiger partial charge in [-0.15, -0.1) is 0 Å². The minimum Gasteiger partial charge on any atom is -0.354 e. The largest absolute Gasteiger partial charge is 0.354 e. The molecule has 1 saturated heterocycles. The van der Waals surface area contributed by atoms with Crippen LogP contribution in [0, 0.1) is 5.82 Å². The molecule has 3 nitrogen and oxygen atoms in total. The van der Waals surface area contributed by atoms with Crippen LogP contribution in [0.4, 0.5) is 4.39 Å². The van der Waals surface area contributed by atoms with Crippen molar-refractivity contribution in [3.8, 4) is 0 Å². The normalized spacial score (nSPS) is 19.8. The Balaban J connectivity index is 1.95. The zero-order valence-corrected chi connectivity index (χ0v) is 9.75. The maximum atomic E-state index is 13.3. The second-order valence-corrected chi connectivity index (χ2v) is 4.49. The van der Waals surface area contributed by atoms with Crippen LogP contribution in [0.5, 0.6) is 0 Å². The van der Waals surface area contributed by atoms with Gasteiger partial charge in [-0.25, -0.2) is 4.39 Å². The lowest BCUT2D eigenvalue weighted by Gasteiger charge is -2.32. The Morgan fingerprint density at radius 1 is 1.24 bits per heavy atom. The van der Waals surface area contributed by atoms with Crippen molar-refractivity contribution in [2.45, 2.75) is 6.42 Å². The van der Waals surface area contributed by atoms with Crippen molar-refractivity contribution in [3.05, 3.63) is 35.1 Å². The van der Waals surface area contributed by atoms with E-state index in [1.807, 2.05) is 6.07 Å². The Hall–Kier alpha value is -1.42. The standard InChI is InChI=1S/C13H16FN3/c14-11-2-1-10-3-4-16-13(12(10)9-11)17-7-5-15-6-8-17/h1-2,9,15H,3-8H2. The van der Waals surface area contributed by atoms with Crippen LogP contribution in [0.2, 0.25) is 0 Å². The van der Waals surface area contributed by atoms with Crippen LogP contribution < -0.4 is 5.32 Å². The summed E-state index contributed by atoms with van der Waals surface area (Å²) in [7, 11) is 0. The molecule has 4 heteroatoms. The van der Waals surface area contributed by atoms with E-state index in [1.165, 1.54) is 5.56 Å². The smallest absolute Gasteiger partial charge is 0.131 e. The number of hydrogen-bond donors (Lipinski definition) is 1. The summed E-state index contributed by atoms with van der Waals surface area (Å²) in [4.78, 5) is 6.84. The van der Waals surface area contributed by atoms with Crippen LogP contribution in [0.1, 0.15) is 11.1 Å². The molecule has 0 aliphatic carbocycles. The second kappa shape index (κ2) is 4.45. The van der Waals surface area contributed by atoms with Gasteiger partial charge in [-0.3, -0.25) is 4.99 Å². The first-order chi connectivity index (χ1) is 8.34. The van der Waals surface area contributed by atoms with Gasteiger partial charge >= 0.3 is 0 Å². The summed E-state index contributed by atoms with van der Waals surface area (Å²) in [6.45, 7) is 4.68. The lowest BCUT2D eigenvalue weighted by molar-refractivity contribution is 0.356. The van der Waals surface area contributed by atoms with Crippen LogP contribution in [0.3, 0.4) is 0 Å². The van der Waals surface area contributed by atoms with Crippen molar-refractivity contribution < 1.29 is 4.39 Å². The summed E-state index contributed by atoms with van der Waals surface area (Å²) in [5.41, 5.74) is 2.20. The molecule has 90 valence electrons. The number of halogens is 1. The molecule has 1 aromatic rings. The Morgan fingerprint density at radius 2 is 2.06 bits per heavy atom. The van der Waals surface area contributed by atoms with Crippen molar-refractivity contribution in [2.24, 2.45) is 4.99 Å². The van der Waals surface area contributed by atoms with E-state index in [0.29, 0.717) is 0 Å². The van der Waals surface area contributed by atoms with Gasteiger partial charge in [-0.2, -0.15) is 0 Å². The fourth-order valence-electron chi connectivity index (χ4n) is 2.49. The molecule has 1 N–H and O–H groups in total. The lowest BCUT2D eigenvalue weighted by atomic mass is 10.00. The van der Waals surface area contributed by atoms with E-state index >= 15 is 0 Å². The monoisotopic (exact) mass is 233 g/mol. The van der Waals surface area contributed by atoms with Gasteiger partial charge in [0.1, 0.15) is 11.7 Å². The van der Waals surface area contributed by atoms with Gasteiger partial charge in [0.05, 0.1) is 0 Å². The number of aliphatic imine (C=N–C) groups is 1. The third-order valence-electron chi connectivity index (χ3n) is 3.37. The van der Waals surface area contributed by atoms with E-state index in [4.69, 9.17) is 0 Å². The van der Waals surface area contributed by atoms with Crippen LogP contribution in [0.25, 0.3) is 0 Å². The average Bonchev–Trinajstić information content (AvgIpc) is 2.39. The molecule has 0 aromatic heterocycles. The summed E-state index contributed by atoms with van der Waals surface area (Å²) in [5.74, 6) is 0.806. The molecule has 0 radical (unpaired) electrons. The van der Waals surface area contributed by atoms with Gasteiger partial charge in [0, 0.05) is 38.3 Å². The third kappa shape index (κ3) is 2.05. The molecular formula is C13H16FN3. The maximum Gasteiger partial charge on any atom is 0.131 e. The van der Waals surface area contributed by atoms with E-state index < -0.39 is 0 Å². The Labute approximate surface area is 100 Å². The van der Waals surface area contributed by atoms with Gasteiger partial charge in [-0.05, 0) is 24.1 Å². The van der Waals surface area contributed by atoms with Crippen LogP contribution in [-0.4, -0.2) is 43.5 Å². The van der Waals surface area contributed by atoms with Crippen molar-refractivity contribution in [1.29, 1.82) is 0 Å². The van der Waals surface area contributed by atoms with Gasteiger partial charge < -0.3 is 10.2 Å². The fraction of sp³-hybridized carbons (Fsp3) is 0.462. The number of rotatable bonds is 0. The Morgan fingerprint density at radius 3 is 2.88 bits per heavy atom. The Kier molecular flexibility index (Phi) is 2.81. The number of piperazine rings is 1. The van der Waals surface area contributed by atoms with E-state index in [2.05, 4.69) is 15.2 Å². The molecule has 1 aromatic carbocycles. The molecule has 2 heterocycles. The highest BCUT2D eigenvalue weighted by Gasteiger charge is 2.21. The van der Waals surface area contributed by atoms with Gasteiger partial charge in [0.25, 0.3) is 0 Å². The second-order valence-electron chi connectivity index (χ2n) is 4.49. The molecule has 0 unspecified atom stereocenters. The number of amidine groups is 1. The fourth-order valence-corrected chi connectivity index (χ4v) is 2.49. The lowest BCUT2D eigenvalue weighted by Crippen LogP contribution is -2.47. The minimum absolute atomic E-state index is 0.173. The quantitative estimate of drug-likeness (QED) is 0.725. The maximum absolute atomic E-state index is 13.3. The highest BCUT2D eigenvalue weighted by atomic mass is 19.1. The molecule has 0 atom stereocenters. The van der Waals surface area contributed by atoms with Gasteiger partial charge in [0.2, 0.25) is 0 Å². The van der Waals surface area contributed by atoms with E-state index in [1.54, 1.807) is 12.1 Å². The van der Waals surface area contributed by atoms with Gasteiger partial charge in [-0.1, -0.05) is 6.07 Å². The van der Waals surface area contributed by atoms with Gasteiger partial charge in [0.15, 0.2) is 0 Å². The Bertz CT molecular complexity index is 450. The number of hydrogen-bond acceptors (Lipinski definition) is 3. The van der Waals surface area contributed by atoms with Crippen LogP contribution >= 0.6 is 0 Å². The van der Waals surface area contributed by atoms with Crippen molar-refractivity contribution in [1.82, 2.24) is 10.2 Å². The predicted molar refractivity (Wildman–Crippen MR) is 66.0 cm³/mol. The van der Waals surface area contributed by atoms with E-state index in [0.717, 1.165) is 50.5 Å². The summed E-state index contributed by atoms with van der Waals surface area (Å²) in [5, 5.41) is 3.32. The molecule has 17 heavy (non-hydrogen) atoms. The number of nitrogens with one attached hydrogen (secondary N) is 1. The van der Waals surface area contributed by atoms with E-state index in [-0.39, 0.29) is 5.82 Å². The van der Waals surface area contributed by atoms with Crippen molar-refractivity contribution in [2.75, 3.05) is 32.7 Å². The first-order valence-corrected chi connectivity index (χ1v) is 6.13. The summed E-state index contributed by atoms with van der Waals surface area (Å²) in [6, 6.07) is 5.05. The first-order valence-electron chi connectivity index (χ1n) is 6.13. The highest BCUT2D eigenvalue weighted by Crippen LogP contribution is 2.19. The summed E-state index contributed by atoms with van der Waals surface area (Å²) < 4.78 is 13.3. The molecule has 2 aliphatic heterocycles. The minimum atomic E-state index is -0.173. The first kappa shape index (κ1) is 10.7. The van der Waals surface area contributed by atoms with Crippen molar-refractivity contribution in [3.63, 3.8) is 0 Å². The molecule has 2 aliphatic rings. The summed E-state index contributed by atoms with van der Waals surface area (Å²) in [6.07, 6.45) is 0.922. The third-order valence-corrected chi connectivity index (χ3v) is 3.37.